The van der Waals surface area contributed by atoms with Gasteiger partial charge in [-0.05, 0) is 5.41 Å². The third-order valence-corrected chi connectivity index (χ3v) is 2.08. The van der Waals surface area contributed by atoms with Gasteiger partial charge in [0.25, 0.3) is 0 Å². The fourth-order valence-corrected chi connectivity index (χ4v) is 1.17. The standard InChI is InChI=1S/C6H10N2S/c1-5(2)6-8-7-3-4-9-6/h3-5,7H,1-2H3. The van der Waals surface area contributed by atoms with E-state index in [1.165, 1.54) is 0 Å². The molecule has 0 unspecified atom stereocenters. The smallest absolute Gasteiger partial charge is 0.100 e. The van der Waals surface area contributed by atoms with E-state index in [0.29, 0.717) is 5.92 Å². The third kappa shape index (κ3) is 1.75. The molecule has 0 bridgehead atoms. The van der Waals surface area contributed by atoms with Crippen LogP contribution in [0.4, 0.5) is 0 Å². The van der Waals surface area contributed by atoms with E-state index in [4.69, 9.17) is 0 Å². The molecule has 50 valence electrons. The van der Waals surface area contributed by atoms with E-state index in [1.54, 1.807) is 11.8 Å². The lowest BCUT2D eigenvalue weighted by molar-refractivity contribution is 0.863. The molecule has 0 saturated heterocycles. The van der Waals surface area contributed by atoms with Crippen molar-refractivity contribution in [3.05, 3.63) is 11.6 Å². The molecule has 9 heavy (non-hydrogen) atoms. The summed E-state index contributed by atoms with van der Waals surface area (Å²) in [6.45, 7) is 4.26. The van der Waals surface area contributed by atoms with Gasteiger partial charge in [0.1, 0.15) is 5.04 Å². The van der Waals surface area contributed by atoms with E-state index in [1.807, 2.05) is 11.6 Å². The lowest BCUT2D eigenvalue weighted by Gasteiger charge is -2.08. The van der Waals surface area contributed by atoms with Gasteiger partial charge in [-0.25, -0.2) is 0 Å². The van der Waals surface area contributed by atoms with Gasteiger partial charge in [0.2, 0.25) is 0 Å². The van der Waals surface area contributed by atoms with Crippen molar-refractivity contribution in [3.8, 4) is 0 Å². The van der Waals surface area contributed by atoms with Crippen LogP contribution in [-0.4, -0.2) is 5.04 Å². The van der Waals surface area contributed by atoms with Crippen LogP contribution >= 0.6 is 11.8 Å². The summed E-state index contributed by atoms with van der Waals surface area (Å²) in [5, 5.41) is 7.22. The van der Waals surface area contributed by atoms with Gasteiger partial charge in [0, 0.05) is 12.1 Å². The first-order valence-electron chi connectivity index (χ1n) is 2.95. The molecule has 1 aliphatic rings. The molecule has 2 nitrogen and oxygen atoms in total. The summed E-state index contributed by atoms with van der Waals surface area (Å²) in [5.41, 5.74) is 2.80. The van der Waals surface area contributed by atoms with Gasteiger partial charge in [0.05, 0.1) is 0 Å². The van der Waals surface area contributed by atoms with Gasteiger partial charge < -0.3 is 0 Å². The molecule has 0 aromatic heterocycles. The predicted molar refractivity (Wildman–Crippen MR) is 42.1 cm³/mol. The largest absolute Gasteiger partial charge is 0.284 e. The van der Waals surface area contributed by atoms with E-state index in [9.17, 15) is 0 Å². The maximum absolute atomic E-state index is 4.07. The predicted octanol–water partition coefficient (Wildman–Crippen LogP) is 1.76. The lowest BCUT2D eigenvalue weighted by atomic mass is 10.2. The van der Waals surface area contributed by atoms with E-state index >= 15 is 0 Å². The Morgan fingerprint density at radius 1 is 1.67 bits per heavy atom. The summed E-state index contributed by atoms with van der Waals surface area (Å²) in [6, 6.07) is 0. The zero-order chi connectivity index (χ0) is 6.69. The topological polar surface area (TPSA) is 24.4 Å². The minimum Gasteiger partial charge on any atom is -0.284 e. The Bertz CT molecular complexity index is 149. The fourth-order valence-electron chi connectivity index (χ4n) is 0.527. The molecule has 0 atom stereocenters. The van der Waals surface area contributed by atoms with E-state index in [-0.39, 0.29) is 0 Å². The zero-order valence-corrected chi connectivity index (χ0v) is 6.40. The van der Waals surface area contributed by atoms with Gasteiger partial charge >= 0.3 is 0 Å². The highest BCUT2D eigenvalue weighted by Crippen LogP contribution is 2.15. The van der Waals surface area contributed by atoms with Crippen molar-refractivity contribution >= 4 is 16.8 Å². The van der Waals surface area contributed by atoms with Gasteiger partial charge in [-0.3, -0.25) is 5.43 Å². The number of nitrogens with zero attached hydrogens (tertiary/aromatic N) is 1. The quantitative estimate of drug-likeness (QED) is 0.603. The van der Waals surface area contributed by atoms with Crippen LogP contribution in [0.3, 0.4) is 0 Å². The fraction of sp³-hybridized carbons (Fsp3) is 0.500. The molecule has 0 aliphatic carbocycles. The molecule has 0 aromatic rings. The molecule has 0 spiro atoms. The summed E-state index contributed by atoms with van der Waals surface area (Å²) < 4.78 is 0. The molecule has 0 saturated carbocycles. The second-order valence-corrected chi connectivity index (χ2v) is 3.08. The maximum atomic E-state index is 4.07. The first kappa shape index (κ1) is 6.68. The molecule has 0 radical (unpaired) electrons. The number of hydrogen-bond acceptors (Lipinski definition) is 3. The second kappa shape index (κ2) is 2.92. The van der Waals surface area contributed by atoms with Crippen LogP contribution in [0.1, 0.15) is 13.8 Å². The van der Waals surface area contributed by atoms with Crippen molar-refractivity contribution in [3.63, 3.8) is 0 Å². The normalized spacial score (nSPS) is 17.4. The monoisotopic (exact) mass is 142 g/mol. The van der Waals surface area contributed by atoms with Gasteiger partial charge in [-0.2, -0.15) is 5.10 Å². The Morgan fingerprint density at radius 2 is 2.44 bits per heavy atom. The maximum Gasteiger partial charge on any atom is 0.100 e. The zero-order valence-electron chi connectivity index (χ0n) is 5.59. The van der Waals surface area contributed by atoms with Crippen LogP contribution in [-0.2, 0) is 0 Å². The van der Waals surface area contributed by atoms with Crippen LogP contribution < -0.4 is 5.43 Å². The highest BCUT2D eigenvalue weighted by atomic mass is 32.2. The molecular weight excluding hydrogens is 132 g/mol. The SMILES string of the molecule is CC(C)C1=NNC=CS1. The minimum absolute atomic E-state index is 0.535. The third-order valence-electron chi connectivity index (χ3n) is 1.00. The molecule has 0 aromatic carbocycles. The Morgan fingerprint density at radius 3 is 2.78 bits per heavy atom. The van der Waals surface area contributed by atoms with Gasteiger partial charge in [0.15, 0.2) is 0 Å². The van der Waals surface area contributed by atoms with Crippen LogP contribution in [0.15, 0.2) is 16.7 Å². The number of thioether (sulfide) groups is 1. The summed E-state index contributed by atoms with van der Waals surface area (Å²) in [5.74, 6) is 0.535. The van der Waals surface area contributed by atoms with Crippen LogP contribution in [0.2, 0.25) is 0 Å². The summed E-state index contributed by atoms with van der Waals surface area (Å²) >= 11 is 1.68. The highest BCUT2D eigenvalue weighted by molar-refractivity contribution is 8.16. The van der Waals surface area contributed by atoms with Crippen molar-refractivity contribution < 1.29 is 0 Å². The molecule has 1 aliphatic heterocycles. The van der Waals surface area contributed by atoms with Crippen molar-refractivity contribution in [2.24, 2.45) is 11.0 Å². The Kier molecular flexibility index (Phi) is 2.16. The van der Waals surface area contributed by atoms with Crippen LogP contribution in [0.5, 0.6) is 0 Å². The van der Waals surface area contributed by atoms with Crippen LogP contribution in [0.25, 0.3) is 0 Å². The Hall–Kier alpha value is -0.440. The average Bonchev–Trinajstić information content (AvgIpc) is 1.90. The average molecular weight is 142 g/mol. The second-order valence-electron chi connectivity index (χ2n) is 2.15. The Balaban J connectivity index is 2.50. The lowest BCUT2D eigenvalue weighted by Crippen LogP contribution is -2.09. The molecular formula is C6H10N2S. The number of hydrogen-bond donors (Lipinski definition) is 1. The number of hydrazone groups is 1. The molecule has 1 rings (SSSR count). The summed E-state index contributed by atoms with van der Waals surface area (Å²) in [6.07, 6.45) is 1.83. The van der Waals surface area contributed by atoms with Crippen LogP contribution in [0, 0.1) is 5.92 Å². The summed E-state index contributed by atoms with van der Waals surface area (Å²) in [7, 11) is 0. The van der Waals surface area contributed by atoms with E-state index in [2.05, 4.69) is 24.4 Å². The van der Waals surface area contributed by atoms with Gasteiger partial charge in [-0.1, -0.05) is 25.6 Å². The number of nitrogens with one attached hydrogen (secondary N) is 1. The molecule has 3 heteroatoms. The van der Waals surface area contributed by atoms with E-state index < -0.39 is 0 Å². The first-order chi connectivity index (χ1) is 4.30. The van der Waals surface area contributed by atoms with E-state index in [0.717, 1.165) is 5.04 Å². The summed E-state index contributed by atoms with van der Waals surface area (Å²) in [4.78, 5) is 0. The van der Waals surface area contributed by atoms with Gasteiger partial charge in [-0.15, -0.1) is 0 Å². The molecule has 1 N–H and O–H groups in total. The Labute approximate surface area is 59.4 Å². The minimum atomic E-state index is 0.535. The molecule has 0 amide bonds. The van der Waals surface area contributed by atoms with Crippen molar-refractivity contribution in [2.45, 2.75) is 13.8 Å². The number of rotatable bonds is 1. The first-order valence-corrected chi connectivity index (χ1v) is 3.83. The van der Waals surface area contributed by atoms with Crippen molar-refractivity contribution in [2.75, 3.05) is 0 Å². The van der Waals surface area contributed by atoms with Crippen molar-refractivity contribution in [1.82, 2.24) is 5.43 Å². The highest BCUT2D eigenvalue weighted by Gasteiger charge is 2.05. The molecule has 0 fully saturated rings. The molecule has 1 heterocycles. The van der Waals surface area contributed by atoms with Crippen molar-refractivity contribution in [1.29, 1.82) is 0 Å².